The van der Waals surface area contributed by atoms with Crippen LogP contribution < -0.4 is 0 Å². The average Bonchev–Trinajstić information content (AvgIpc) is 2.30. The molecule has 84 valence electrons. The van der Waals surface area contributed by atoms with Crippen molar-refractivity contribution in [3.8, 4) is 0 Å². The Kier molecular flexibility index (Phi) is 4.79. The van der Waals surface area contributed by atoms with Gasteiger partial charge in [-0.15, -0.1) is 0 Å². The van der Waals surface area contributed by atoms with E-state index in [2.05, 4.69) is 4.74 Å². The Hall–Kier alpha value is -2.10. The Bertz CT molecular complexity index is 396. The van der Waals surface area contributed by atoms with Crippen LogP contribution in [-0.2, 0) is 9.53 Å². The van der Waals surface area contributed by atoms with Crippen molar-refractivity contribution in [3.63, 3.8) is 0 Å². The molecule has 0 radical (unpaired) electrons. The van der Waals surface area contributed by atoms with Crippen LogP contribution in [0.3, 0.4) is 0 Å². The standard InChI is InChI=1S/C12H14NO3/c1-2-16-12(14)9-6-10-13(15)11-7-4-3-5-8-11/h3-10,15H,2H2,1H3/q+1/b9-6?,13-10+. The summed E-state index contributed by atoms with van der Waals surface area (Å²) in [6.07, 6.45) is 4.03. The van der Waals surface area contributed by atoms with Gasteiger partial charge < -0.3 is 4.74 Å². The second-order valence-corrected chi connectivity index (χ2v) is 2.94. The molecule has 4 nitrogen and oxygen atoms in total. The van der Waals surface area contributed by atoms with E-state index in [0.717, 1.165) is 4.74 Å². The summed E-state index contributed by atoms with van der Waals surface area (Å²) < 4.78 is 5.61. The molecule has 16 heavy (non-hydrogen) atoms. The summed E-state index contributed by atoms with van der Waals surface area (Å²) in [5, 5.41) is 9.54. The molecule has 0 amide bonds. The molecule has 4 heteroatoms. The third kappa shape index (κ3) is 3.96. The van der Waals surface area contributed by atoms with E-state index in [0.29, 0.717) is 12.3 Å². The SMILES string of the molecule is CCOC(=O)C=C/C=[N+](/O)c1ccccc1. The van der Waals surface area contributed by atoms with Gasteiger partial charge in [0, 0.05) is 29.0 Å². The van der Waals surface area contributed by atoms with Crippen LogP contribution in [0.15, 0.2) is 42.5 Å². The molecule has 0 spiro atoms. The van der Waals surface area contributed by atoms with E-state index in [1.54, 1.807) is 31.2 Å². The number of benzene rings is 1. The second kappa shape index (κ2) is 6.40. The molecular weight excluding hydrogens is 206 g/mol. The fourth-order valence-electron chi connectivity index (χ4n) is 1.06. The second-order valence-electron chi connectivity index (χ2n) is 2.94. The Morgan fingerprint density at radius 2 is 2.12 bits per heavy atom. The molecule has 0 aromatic heterocycles. The Balaban J connectivity index is 2.61. The third-order valence-electron chi connectivity index (χ3n) is 1.77. The third-order valence-corrected chi connectivity index (χ3v) is 1.77. The normalized spacial score (nSPS) is 11.7. The van der Waals surface area contributed by atoms with Gasteiger partial charge in [0.1, 0.15) is 0 Å². The minimum Gasteiger partial charge on any atom is -0.463 e. The van der Waals surface area contributed by atoms with Gasteiger partial charge in [0.05, 0.1) is 6.61 Å². The maximum atomic E-state index is 10.9. The first-order valence-corrected chi connectivity index (χ1v) is 4.95. The van der Waals surface area contributed by atoms with E-state index in [1.165, 1.54) is 18.4 Å². The Morgan fingerprint density at radius 1 is 1.44 bits per heavy atom. The van der Waals surface area contributed by atoms with Gasteiger partial charge >= 0.3 is 5.97 Å². The summed E-state index contributed by atoms with van der Waals surface area (Å²) in [6.45, 7) is 2.07. The molecule has 0 atom stereocenters. The fourth-order valence-corrected chi connectivity index (χ4v) is 1.06. The van der Waals surface area contributed by atoms with Crippen LogP contribution >= 0.6 is 0 Å². The fraction of sp³-hybridized carbons (Fsp3) is 0.167. The van der Waals surface area contributed by atoms with Crippen molar-refractivity contribution in [2.45, 2.75) is 6.92 Å². The first-order valence-electron chi connectivity index (χ1n) is 4.95. The summed E-state index contributed by atoms with van der Waals surface area (Å²) in [7, 11) is 0. The number of allylic oxidation sites excluding steroid dienone is 1. The van der Waals surface area contributed by atoms with Gasteiger partial charge in [-0.25, -0.2) is 4.79 Å². The lowest BCUT2D eigenvalue weighted by Crippen LogP contribution is -2.01. The van der Waals surface area contributed by atoms with E-state index in [9.17, 15) is 10.0 Å². The van der Waals surface area contributed by atoms with Crippen molar-refractivity contribution in [3.05, 3.63) is 42.5 Å². The molecule has 1 aromatic carbocycles. The molecule has 0 aliphatic carbocycles. The van der Waals surface area contributed by atoms with Crippen LogP contribution in [0, 0.1) is 0 Å². The number of nitrogens with zero attached hydrogens (tertiary/aromatic N) is 1. The molecule has 0 saturated carbocycles. The molecule has 1 rings (SSSR count). The van der Waals surface area contributed by atoms with Crippen molar-refractivity contribution in [2.75, 3.05) is 6.61 Å². The zero-order valence-corrected chi connectivity index (χ0v) is 9.04. The number of para-hydroxylation sites is 1. The maximum absolute atomic E-state index is 10.9. The topological polar surface area (TPSA) is 49.5 Å². The van der Waals surface area contributed by atoms with Crippen LogP contribution in [0.2, 0.25) is 0 Å². The summed E-state index contributed by atoms with van der Waals surface area (Å²) >= 11 is 0. The average molecular weight is 220 g/mol. The molecule has 0 saturated heterocycles. The highest BCUT2D eigenvalue weighted by Gasteiger charge is 2.03. The Morgan fingerprint density at radius 3 is 2.75 bits per heavy atom. The largest absolute Gasteiger partial charge is 0.463 e. The number of carbonyl (C=O) groups is 1. The first kappa shape index (κ1) is 12.0. The van der Waals surface area contributed by atoms with Crippen molar-refractivity contribution < 1.29 is 19.5 Å². The van der Waals surface area contributed by atoms with Crippen LogP contribution in [-0.4, -0.2) is 28.7 Å². The molecule has 0 bridgehead atoms. The summed E-state index contributed by atoms with van der Waals surface area (Å²) in [4.78, 5) is 10.9. The predicted molar refractivity (Wildman–Crippen MR) is 60.0 cm³/mol. The van der Waals surface area contributed by atoms with E-state index in [-0.39, 0.29) is 0 Å². The minimum absolute atomic E-state index is 0.338. The van der Waals surface area contributed by atoms with Gasteiger partial charge in [-0.05, 0) is 6.92 Å². The highest BCUT2D eigenvalue weighted by atomic mass is 16.5. The van der Waals surface area contributed by atoms with Crippen molar-refractivity contribution >= 4 is 17.9 Å². The van der Waals surface area contributed by atoms with Crippen molar-refractivity contribution in [1.29, 1.82) is 0 Å². The van der Waals surface area contributed by atoms with Crippen LogP contribution in [0.25, 0.3) is 0 Å². The monoisotopic (exact) mass is 220 g/mol. The summed E-state index contributed by atoms with van der Waals surface area (Å²) in [5.41, 5.74) is 0.621. The number of ether oxygens (including phenoxy) is 1. The van der Waals surface area contributed by atoms with Crippen LogP contribution in [0.1, 0.15) is 6.92 Å². The summed E-state index contributed by atoms with van der Waals surface area (Å²) in [6, 6.07) is 8.96. The van der Waals surface area contributed by atoms with Gasteiger partial charge in [-0.1, -0.05) is 18.2 Å². The molecule has 1 N–H and O–H groups in total. The van der Waals surface area contributed by atoms with Crippen LogP contribution in [0.4, 0.5) is 5.69 Å². The quantitative estimate of drug-likeness (QED) is 0.210. The molecule has 1 aromatic rings. The number of hydrogen-bond acceptors (Lipinski definition) is 3. The smallest absolute Gasteiger partial charge is 0.330 e. The number of rotatable bonds is 4. The van der Waals surface area contributed by atoms with Crippen LogP contribution in [0.5, 0.6) is 0 Å². The molecule has 0 aliphatic rings. The van der Waals surface area contributed by atoms with E-state index in [1.807, 2.05) is 6.07 Å². The highest BCUT2D eigenvalue weighted by Crippen LogP contribution is 2.06. The lowest BCUT2D eigenvalue weighted by atomic mass is 10.3. The predicted octanol–water partition coefficient (Wildman–Crippen LogP) is 1.91. The lowest BCUT2D eigenvalue weighted by molar-refractivity contribution is -0.709. The molecule has 0 fully saturated rings. The van der Waals surface area contributed by atoms with Crippen molar-refractivity contribution in [2.24, 2.45) is 0 Å². The maximum Gasteiger partial charge on any atom is 0.330 e. The lowest BCUT2D eigenvalue weighted by Gasteiger charge is -1.92. The molecule has 0 unspecified atom stereocenters. The number of carbonyl (C=O) groups excluding carboxylic acids is 1. The molecular formula is C12H14NO3+. The van der Waals surface area contributed by atoms with Gasteiger partial charge in [0.25, 0.3) is 5.69 Å². The van der Waals surface area contributed by atoms with Gasteiger partial charge in [-0.2, -0.15) is 0 Å². The van der Waals surface area contributed by atoms with E-state index >= 15 is 0 Å². The highest BCUT2D eigenvalue weighted by molar-refractivity contribution is 5.86. The molecule has 0 heterocycles. The summed E-state index contributed by atoms with van der Waals surface area (Å²) in [5.74, 6) is -0.430. The zero-order valence-electron chi connectivity index (χ0n) is 9.04. The van der Waals surface area contributed by atoms with E-state index in [4.69, 9.17) is 0 Å². The van der Waals surface area contributed by atoms with Crippen molar-refractivity contribution in [1.82, 2.24) is 0 Å². The van der Waals surface area contributed by atoms with Gasteiger partial charge in [0.2, 0.25) is 6.21 Å². The van der Waals surface area contributed by atoms with E-state index < -0.39 is 5.97 Å². The minimum atomic E-state index is -0.430. The first-order chi connectivity index (χ1) is 7.74. The zero-order chi connectivity index (χ0) is 11.8. The molecule has 0 aliphatic heterocycles. The van der Waals surface area contributed by atoms with Gasteiger partial charge in [0.15, 0.2) is 0 Å². The Labute approximate surface area is 94.1 Å². The number of esters is 1. The van der Waals surface area contributed by atoms with Gasteiger partial charge in [-0.3, -0.25) is 5.21 Å². The number of hydrogen-bond donors (Lipinski definition) is 1.